The van der Waals surface area contributed by atoms with E-state index in [0.29, 0.717) is 6.42 Å². The van der Waals surface area contributed by atoms with Crippen molar-refractivity contribution in [1.29, 1.82) is 0 Å². The molecular weight excluding hydrogens is 292 g/mol. The van der Waals surface area contributed by atoms with E-state index in [1.807, 2.05) is 0 Å². The van der Waals surface area contributed by atoms with Gasteiger partial charge in [0, 0.05) is 17.6 Å². The summed E-state index contributed by atoms with van der Waals surface area (Å²) in [6, 6.07) is 1.16. The fraction of sp³-hybridized carbons (Fsp3) is 0.231. The topological polar surface area (TPSA) is 55.4 Å². The maximum absolute atomic E-state index is 13.1. The molecule has 0 amide bonds. The van der Waals surface area contributed by atoms with Crippen LogP contribution in [0.2, 0.25) is 5.02 Å². The van der Waals surface area contributed by atoms with E-state index < -0.39 is 29.3 Å². The lowest BCUT2D eigenvalue weighted by Crippen LogP contribution is -2.24. The van der Waals surface area contributed by atoms with E-state index in [1.54, 1.807) is 0 Å². The van der Waals surface area contributed by atoms with Crippen LogP contribution in [0.4, 0.5) is 8.78 Å². The summed E-state index contributed by atoms with van der Waals surface area (Å²) in [6.45, 7) is 3.21. The van der Waals surface area contributed by atoms with Crippen molar-refractivity contribution >= 4 is 23.4 Å². The Balaban J connectivity index is 2.02. The standard InChI is InChI=1S/C13H10ClF2NO3/c1-2-12(18)20-17-11-4-7(11)13(19)6-3-9(15)10(16)5-8(6)14/h2-3,5,7,11,17H,1,4H2. The molecule has 1 aliphatic rings. The van der Waals surface area contributed by atoms with Gasteiger partial charge in [-0.3, -0.25) is 4.79 Å². The number of carbonyl (C=O) groups excluding carboxylic acids is 2. The normalized spacial score (nSPS) is 20.4. The molecule has 0 saturated heterocycles. The second-order valence-corrected chi connectivity index (χ2v) is 4.71. The van der Waals surface area contributed by atoms with Gasteiger partial charge >= 0.3 is 5.97 Å². The predicted molar refractivity (Wildman–Crippen MR) is 67.0 cm³/mol. The van der Waals surface area contributed by atoms with Crippen molar-refractivity contribution in [3.63, 3.8) is 0 Å². The Hall–Kier alpha value is -1.79. The molecule has 0 bridgehead atoms. The third kappa shape index (κ3) is 3.02. The first kappa shape index (κ1) is 14.6. The molecule has 0 spiro atoms. The molecule has 0 aromatic heterocycles. The van der Waals surface area contributed by atoms with Crippen LogP contribution in [0, 0.1) is 17.6 Å². The fourth-order valence-electron chi connectivity index (χ4n) is 1.70. The highest BCUT2D eigenvalue weighted by atomic mass is 35.5. The molecule has 1 aromatic carbocycles. The average molecular weight is 302 g/mol. The Morgan fingerprint density at radius 1 is 1.40 bits per heavy atom. The molecule has 7 heteroatoms. The zero-order valence-corrected chi connectivity index (χ0v) is 10.9. The van der Waals surface area contributed by atoms with Crippen molar-refractivity contribution in [2.24, 2.45) is 5.92 Å². The lowest BCUT2D eigenvalue weighted by Gasteiger charge is -2.05. The first-order valence-corrected chi connectivity index (χ1v) is 6.09. The molecule has 20 heavy (non-hydrogen) atoms. The van der Waals surface area contributed by atoms with Crippen molar-refractivity contribution in [1.82, 2.24) is 5.48 Å². The van der Waals surface area contributed by atoms with E-state index >= 15 is 0 Å². The van der Waals surface area contributed by atoms with E-state index in [1.165, 1.54) is 0 Å². The van der Waals surface area contributed by atoms with E-state index in [4.69, 9.17) is 11.6 Å². The smallest absolute Gasteiger partial charge is 0.348 e. The van der Waals surface area contributed by atoms with Gasteiger partial charge in [0.15, 0.2) is 17.4 Å². The minimum Gasteiger partial charge on any atom is -0.367 e. The van der Waals surface area contributed by atoms with Gasteiger partial charge < -0.3 is 4.84 Å². The second kappa shape index (κ2) is 5.68. The number of Topliss-reactive ketones (excluding diaryl/α,β-unsaturated/α-hetero) is 1. The Morgan fingerprint density at radius 2 is 2.05 bits per heavy atom. The maximum Gasteiger partial charge on any atom is 0.348 e. The van der Waals surface area contributed by atoms with Crippen molar-refractivity contribution in [2.75, 3.05) is 0 Å². The summed E-state index contributed by atoms with van der Waals surface area (Å²) in [4.78, 5) is 27.4. The molecule has 0 radical (unpaired) electrons. The molecule has 2 atom stereocenters. The molecule has 1 saturated carbocycles. The van der Waals surface area contributed by atoms with Crippen LogP contribution in [-0.2, 0) is 9.63 Å². The molecule has 2 rings (SSSR count). The highest BCUT2D eigenvalue weighted by Gasteiger charge is 2.45. The minimum atomic E-state index is -1.14. The predicted octanol–water partition coefficient (Wildman–Crippen LogP) is 2.42. The quantitative estimate of drug-likeness (QED) is 0.393. The summed E-state index contributed by atoms with van der Waals surface area (Å²) in [5, 5.41) is -0.150. The lowest BCUT2D eigenvalue weighted by molar-refractivity contribution is -0.145. The number of hydrogen-bond donors (Lipinski definition) is 1. The number of nitrogens with one attached hydrogen (secondary N) is 1. The number of halogens is 3. The first-order chi connectivity index (χ1) is 9.43. The van der Waals surface area contributed by atoms with Crippen molar-refractivity contribution < 1.29 is 23.2 Å². The Labute approximate surface area is 118 Å². The summed E-state index contributed by atoms with van der Waals surface area (Å²) in [5.74, 6) is -3.84. The highest BCUT2D eigenvalue weighted by Crippen LogP contribution is 2.36. The number of benzene rings is 1. The number of hydroxylamine groups is 1. The molecule has 1 aliphatic carbocycles. The zero-order chi connectivity index (χ0) is 14.9. The molecule has 106 valence electrons. The highest BCUT2D eigenvalue weighted by molar-refractivity contribution is 6.34. The SMILES string of the molecule is C=CC(=O)ONC1CC1C(=O)c1cc(F)c(F)cc1Cl. The molecule has 4 nitrogen and oxygen atoms in total. The summed E-state index contributed by atoms with van der Waals surface area (Å²) in [5.41, 5.74) is 2.31. The number of carbonyl (C=O) groups is 2. The van der Waals surface area contributed by atoms with Gasteiger partial charge in [0.05, 0.1) is 11.1 Å². The Kier molecular flexibility index (Phi) is 4.15. The third-order valence-corrected chi connectivity index (χ3v) is 3.19. The van der Waals surface area contributed by atoms with Gasteiger partial charge in [-0.15, -0.1) is 5.48 Å². The van der Waals surface area contributed by atoms with Crippen LogP contribution in [0.3, 0.4) is 0 Å². The Bertz CT molecular complexity index is 591. The fourth-order valence-corrected chi connectivity index (χ4v) is 1.95. The maximum atomic E-state index is 13.1. The lowest BCUT2D eigenvalue weighted by atomic mass is 10.1. The summed E-state index contributed by atoms with van der Waals surface area (Å²) >= 11 is 5.72. The molecule has 2 unspecified atom stereocenters. The van der Waals surface area contributed by atoms with Crippen LogP contribution in [0.15, 0.2) is 24.8 Å². The molecule has 1 fully saturated rings. The molecular formula is C13H10ClF2NO3. The van der Waals surface area contributed by atoms with E-state index in [-0.39, 0.29) is 16.6 Å². The largest absolute Gasteiger partial charge is 0.367 e. The Morgan fingerprint density at radius 3 is 2.70 bits per heavy atom. The summed E-state index contributed by atoms with van der Waals surface area (Å²) in [7, 11) is 0. The van der Waals surface area contributed by atoms with Crippen LogP contribution in [0.25, 0.3) is 0 Å². The van der Waals surface area contributed by atoms with Gasteiger partial charge in [-0.2, -0.15) is 0 Å². The number of ketones is 1. The van der Waals surface area contributed by atoms with Gasteiger partial charge in [-0.1, -0.05) is 18.2 Å². The minimum absolute atomic E-state index is 0.0880. The van der Waals surface area contributed by atoms with Gasteiger partial charge in [0.2, 0.25) is 0 Å². The van der Waals surface area contributed by atoms with E-state index in [0.717, 1.165) is 18.2 Å². The van der Waals surface area contributed by atoms with E-state index in [2.05, 4.69) is 16.9 Å². The van der Waals surface area contributed by atoms with E-state index in [9.17, 15) is 18.4 Å². The average Bonchev–Trinajstić information content (AvgIpc) is 3.19. The van der Waals surface area contributed by atoms with Crippen LogP contribution in [0.5, 0.6) is 0 Å². The van der Waals surface area contributed by atoms with Crippen molar-refractivity contribution in [3.8, 4) is 0 Å². The summed E-state index contributed by atoms with van der Waals surface area (Å²) < 4.78 is 26.0. The first-order valence-electron chi connectivity index (χ1n) is 5.71. The number of hydrogen-bond acceptors (Lipinski definition) is 4. The van der Waals surface area contributed by atoms with Crippen molar-refractivity contribution in [3.05, 3.63) is 47.0 Å². The summed E-state index contributed by atoms with van der Waals surface area (Å²) in [6.07, 6.45) is 1.39. The van der Waals surface area contributed by atoms with Gasteiger partial charge in [-0.05, 0) is 18.6 Å². The van der Waals surface area contributed by atoms with Crippen molar-refractivity contribution in [2.45, 2.75) is 12.5 Å². The van der Waals surface area contributed by atoms with Gasteiger partial charge in [0.1, 0.15) is 0 Å². The van der Waals surface area contributed by atoms with Gasteiger partial charge in [-0.25, -0.2) is 13.6 Å². The van der Waals surface area contributed by atoms with Crippen LogP contribution >= 0.6 is 11.6 Å². The molecule has 1 aromatic rings. The monoisotopic (exact) mass is 301 g/mol. The number of rotatable bonds is 5. The molecule has 0 heterocycles. The molecule has 1 N–H and O–H groups in total. The van der Waals surface area contributed by atoms with Crippen LogP contribution in [-0.4, -0.2) is 17.8 Å². The zero-order valence-electron chi connectivity index (χ0n) is 10.2. The van der Waals surface area contributed by atoms with Crippen LogP contribution in [0.1, 0.15) is 16.8 Å². The van der Waals surface area contributed by atoms with Gasteiger partial charge in [0.25, 0.3) is 0 Å². The van der Waals surface area contributed by atoms with Crippen LogP contribution < -0.4 is 5.48 Å². The third-order valence-electron chi connectivity index (χ3n) is 2.88. The molecule has 0 aliphatic heterocycles. The second-order valence-electron chi connectivity index (χ2n) is 4.30.